The van der Waals surface area contributed by atoms with Gasteiger partial charge in [0, 0.05) is 23.6 Å². The van der Waals surface area contributed by atoms with Gasteiger partial charge in [0.1, 0.15) is 5.65 Å². The first kappa shape index (κ1) is 15.6. The molecule has 0 atom stereocenters. The summed E-state index contributed by atoms with van der Waals surface area (Å²) >= 11 is 1.60. The van der Waals surface area contributed by atoms with Crippen LogP contribution in [0.5, 0.6) is 0 Å². The molecule has 4 nitrogen and oxygen atoms in total. The number of benzene rings is 1. The van der Waals surface area contributed by atoms with Gasteiger partial charge >= 0.3 is 0 Å². The molecule has 5 heteroatoms. The average molecular weight is 347 g/mol. The van der Waals surface area contributed by atoms with Crippen molar-refractivity contribution in [3.05, 3.63) is 76.7 Å². The number of carbonyl (C=O) groups excluding carboxylic acids is 1. The standard InChI is InChI=1S/C20H17N3OS/c1-14-3-2-9-23-12-18(22-20(14)23)16-4-6-17(7-5-16)21-19(24)11-15-8-10-25-13-15/h2-10,12-13H,11H2,1H3,(H,21,24). The topological polar surface area (TPSA) is 46.4 Å². The van der Waals surface area contributed by atoms with Gasteiger partial charge in [0.05, 0.1) is 12.1 Å². The predicted octanol–water partition coefficient (Wildman–Crippen LogP) is 4.55. The maximum atomic E-state index is 12.1. The zero-order valence-corrected chi connectivity index (χ0v) is 14.6. The van der Waals surface area contributed by atoms with E-state index in [2.05, 4.69) is 18.3 Å². The minimum atomic E-state index is -0.00509. The summed E-state index contributed by atoms with van der Waals surface area (Å²) in [5, 5.41) is 6.91. The quantitative estimate of drug-likeness (QED) is 0.588. The van der Waals surface area contributed by atoms with Crippen molar-refractivity contribution in [1.29, 1.82) is 0 Å². The van der Waals surface area contributed by atoms with E-state index in [4.69, 9.17) is 4.98 Å². The monoisotopic (exact) mass is 347 g/mol. The zero-order chi connectivity index (χ0) is 17.2. The highest BCUT2D eigenvalue weighted by Crippen LogP contribution is 2.22. The number of carbonyl (C=O) groups is 1. The van der Waals surface area contributed by atoms with Gasteiger partial charge in [-0.15, -0.1) is 0 Å². The number of nitrogens with one attached hydrogen (secondary N) is 1. The van der Waals surface area contributed by atoms with Crippen LogP contribution in [0.3, 0.4) is 0 Å². The minimum absolute atomic E-state index is 0.00509. The van der Waals surface area contributed by atoms with Gasteiger partial charge in [-0.1, -0.05) is 18.2 Å². The lowest BCUT2D eigenvalue weighted by atomic mass is 10.1. The fourth-order valence-electron chi connectivity index (χ4n) is 2.80. The van der Waals surface area contributed by atoms with Crippen molar-refractivity contribution < 1.29 is 4.79 Å². The molecule has 124 valence electrons. The molecule has 0 saturated carbocycles. The molecule has 0 aliphatic carbocycles. The Morgan fingerprint density at radius 1 is 1.20 bits per heavy atom. The number of amides is 1. The maximum Gasteiger partial charge on any atom is 0.228 e. The highest BCUT2D eigenvalue weighted by Gasteiger charge is 2.08. The highest BCUT2D eigenvalue weighted by atomic mass is 32.1. The molecule has 4 rings (SSSR count). The number of anilines is 1. The maximum absolute atomic E-state index is 12.1. The van der Waals surface area contributed by atoms with Crippen LogP contribution in [0.4, 0.5) is 5.69 Å². The second kappa shape index (κ2) is 6.53. The van der Waals surface area contributed by atoms with E-state index in [1.54, 1.807) is 11.3 Å². The molecule has 25 heavy (non-hydrogen) atoms. The molecule has 0 saturated heterocycles. The van der Waals surface area contributed by atoms with Crippen LogP contribution in [0, 0.1) is 6.92 Å². The number of rotatable bonds is 4. The molecule has 4 aromatic rings. The number of hydrogen-bond donors (Lipinski definition) is 1. The summed E-state index contributed by atoms with van der Waals surface area (Å²) in [5.74, 6) is -0.00509. The SMILES string of the molecule is Cc1cccn2cc(-c3ccc(NC(=O)Cc4ccsc4)cc3)nc12. The molecule has 0 bridgehead atoms. The Labute approximate surface area is 149 Å². The number of aryl methyl sites for hydroxylation is 1. The van der Waals surface area contributed by atoms with Crippen molar-refractivity contribution in [2.75, 3.05) is 5.32 Å². The van der Waals surface area contributed by atoms with Crippen LogP contribution in [0.15, 0.2) is 65.6 Å². The molecule has 3 aromatic heterocycles. The third kappa shape index (κ3) is 3.32. The van der Waals surface area contributed by atoms with Gasteiger partial charge < -0.3 is 9.72 Å². The van der Waals surface area contributed by atoms with E-state index in [0.29, 0.717) is 6.42 Å². The number of pyridine rings is 1. The molecule has 0 fully saturated rings. The normalized spacial score (nSPS) is 10.9. The van der Waals surface area contributed by atoms with Crippen LogP contribution in [0.1, 0.15) is 11.1 Å². The first-order chi connectivity index (χ1) is 12.2. The Bertz CT molecular complexity index is 1020. The van der Waals surface area contributed by atoms with E-state index in [0.717, 1.165) is 33.7 Å². The number of aromatic nitrogens is 2. The second-order valence-electron chi connectivity index (χ2n) is 5.98. The van der Waals surface area contributed by atoms with E-state index in [1.807, 2.05) is 64.0 Å². The minimum Gasteiger partial charge on any atom is -0.326 e. The second-order valence-corrected chi connectivity index (χ2v) is 6.76. The summed E-state index contributed by atoms with van der Waals surface area (Å²) in [6.45, 7) is 2.05. The highest BCUT2D eigenvalue weighted by molar-refractivity contribution is 7.08. The van der Waals surface area contributed by atoms with E-state index in [1.165, 1.54) is 0 Å². The zero-order valence-electron chi connectivity index (χ0n) is 13.8. The molecular formula is C20H17N3OS. The summed E-state index contributed by atoms with van der Waals surface area (Å²) < 4.78 is 2.03. The third-order valence-corrected chi connectivity index (χ3v) is 4.82. The van der Waals surface area contributed by atoms with Crippen molar-refractivity contribution in [1.82, 2.24) is 9.38 Å². The molecule has 0 spiro atoms. The third-order valence-electron chi connectivity index (χ3n) is 4.09. The number of fused-ring (bicyclic) bond motifs is 1. The fourth-order valence-corrected chi connectivity index (χ4v) is 3.47. The van der Waals surface area contributed by atoms with Gasteiger partial charge in [0.2, 0.25) is 5.91 Å². The summed E-state index contributed by atoms with van der Waals surface area (Å²) in [7, 11) is 0. The summed E-state index contributed by atoms with van der Waals surface area (Å²) in [6, 6.07) is 13.8. The van der Waals surface area contributed by atoms with Gasteiger partial charge in [0.25, 0.3) is 0 Å². The van der Waals surface area contributed by atoms with Gasteiger partial charge in [-0.3, -0.25) is 4.79 Å². The van der Waals surface area contributed by atoms with Crippen molar-refractivity contribution in [2.24, 2.45) is 0 Å². The summed E-state index contributed by atoms with van der Waals surface area (Å²) in [6.07, 6.45) is 4.42. The molecule has 1 amide bonds. The van der Waals surface area contributed by atoms with E-state index in [9.17, 15) is 4.79 Å². The molecule has 0 radical (unpaired) electrons. The fraction of sp³-hybridized carbons (Fsp3) is 0.100. The molecular weight excluding hydrogens is 330 g/mol. The lowest BCUT2D eigenvalue weighted by Crippen LogP contribution is -2.13. The molecule has 0 unspecified atom stereocenters. The Balaban J connectivity index is 1.51. The lowest BCUT2D eigenvalue weighted by Gasteiger charge is -2.05. The largest absolute Gasteiger partial charge is 0.326 e. The van der Waals surface area contributed by atoms with E-state index >= 15 is 0 Å². The van der Waals surface area contributed by atoms with Gasteiger partial charge in [0.15, 0.2) is 0 Å². The van der Waals surface area contributed by atoms with Crippen LogP contribution >= 0.6 is 11.3 Å². The summed E-state index contributed by atoms with van der Waals surface area (Å²) in [5.41, 5.74) is 5.89. The van der Waals surface area contributed by atoms with Gasteiger partial charge in [-0.2, -0.15) is 11.3 Å². The smallest absolute Gasteiger partial charge is 0.228 e. The van der Waals surface area contributed by atoms with Crippen molar-refractivity contribution in [3.8, 4) is 11.3 Å². The number of thiophene rings is 1. The van der Waals surface area contributed by atoms with Gasteiger partial charge in [-0.05, 0) is 53.1 Å². The molecule has 1 aromatic carbocycles. The first-order valence-corrected chi connectivity index (χ1v) is 8.99. The molecule has 0 aliphatic heterocycles. The predicted molar refractivity (Wildman–Crippen MR) is 102 cm³/mol. The van der Waals surface area contributed by atoms with E-state index in [-0.39, 0.29) is 5.91 Å². The van der Waals surface area contributed by atoms with E-state index < -0.39 is 0 Å². The average Bonchev–Trinajstić information content (AvgIpc) is 3.25. The number of imidazole rings is 1. The van der Waals surface area contributed by atoms with Crippen LogP contribution < -0.4 is 5.32 Å². The van der Waals surface area contributed by atoms with Crippen LogP contribution in [-0.4, -0.2) is 15.3 Å². The Morgan fingerprint density at radius 3 is 2.76 bits per heavy atom. The lowest BCUT2D eigenvalue weighted by molar-refractivity contribution is -0.115. The van der Waals surface area contributed by atoms with Crippen LogP contribution in [0.25, 0.3) is 16.9 Å². The van der Waals surface area contributed by atoms with Crippen molar-refractivity contribution in [2.45, 2.75) is 13.3 Å². The van der Waals surface area contributed by atoms with Crippen molar-refractivity contribution in [3.63, 3.8) is 0 Å². The Morgan fingerprint density at radius 2 is 2.04 bits per heavy atom. The first-order valence-electron chi connectivity index (χ1n) is 8.05. The van der Waals surface area contributed by atoms with Crippen molar-refractivity contribution >= 4 is 28.6 Å². The molecule has 1 N–H and O–H groups in total. The van der Waals surface area contributed by atoms with Crippen LogP contribution in [-0.2, 0) is 11.2 Å². The Kier molecular flexibility index (Phi) is 4.07. The summed E-state index contributed by atoms with van der Waals surface area (Å²) in [4.78, 5) is 16.8. The van der Waals surface area contributed by atoms with Gasteiger partial charge in [-0.25, -0.2) is 4.98 Å². The number of hydrogen-bond acceptors (Lipinski definition) is 3. The number of nitrogens with zero attached hydrogens (tertiary/aromatic N) is 2. The Hall–Kier alpha value is -2.92. The molecule has 0 aliphatic rings. The molecule has 3 heterocycles. The van der Waals surface area contributed by atoms with Crippen LogP contribution in [0.2, 0.25) is 0 Å².